The molecule has 1 aromatic heterocycles. The number of nitriles is 1. The number of hydrogen-bond donors (Lipinski definition) is 1. The van der Waals surface area contributed by atoms with Crippen molar-refractivity contribution in [3.05, 3.63) is 76.9 Å². The molecular formula is C19H15ClN4O2. The number of hydrogen-bond acceptors (Lipinski definition) is 4. The van der Waals surface area contributed by atoms with Crippen molar-refractivity contribution in [2.45, 2.75) is 6.54 Å². The van der Waals surface area contributed by atoms with Crippen molar-refractivity contribution >= 4 is 23.3 Å². The summed E-state index contributed by atoms with van der Waals surface area (Å²) in [7, 11) is 0. The molecule has 0 aliphatic carbocycles. The van der Waals surface area contributed by atoms with E-state index in [1.54, 1.807) is 47.3 Å². The van der Waals surface area contributed by atoms with Crippen molar-refractivity contribution in [3.63, 3.8) is 0 Å². The number of nitrogens with zero attached hydrogens (tertiary/aromatic N) is 3. The summed E-state index contributed by atoms with van der Waals surface area (Å²) < 4.78 is 7.09. The van der Waals surface area contributed by atoms with Gasteiger partial charge in [-0.05, 0) is 29.8 Å². The van der Waals surface area contributed by atoms with E-state index < -0.39 is 0 Å². The summed E-state index contributed by atoms with van der Waals surface area (Å²) in [5.41, 5.74) is 1.35. The molecule has 0 saturated carbocycles. The molecule has 2 aromatic carbocycles. The van der Waals surface area contributed by atoms with Gasteiger partial charge in [0.25, 0.3) is 5.91 Å². The Morgan fingerprint density at radius 3 is 2.88 bits per heavy atom. The number of nitrogens with one attached hydrogen (secondary N) is 1. The zero-order valence-corrected chi connectivity index (χ0v) is 14.5. The van der Waals surface area contributed by atoms with Crippen LogP contribution < -0.4 is 10.1 Å². The SMILES string of the molecule is N#Cc1ccccc1OCC(=O)Nc1ccnn1Cc1cccc(Cl)c1. The maximum absolute atomic E-state index is 12.2. The van der Waals surface area contributed by atoms with Gasteiger partial charge >= 0.3 is 0 Å². The van der Waals surface area contributed by atoms with Crippen molar-refractivity contribution in [2.24, 2.45) is 0 Å². The third kappa shape index (κ3) is 4.41. The van der Waals surface area contributed by atoms with Crippen LogP contribution in [0, 0.1) is 11.3 Å². The van der Waals surface area contributed by atoms with Crippen molar-refractivity contribution < 1.29 is 9.53 Å². The van der Waals surface area contributed by atoms with Gasteiger partial charge in [-0.1, -0.05) is 35.9 Å². The minimum Gasteiger partial charge on any atom is -0.482 e. The second-order valence-corrected chi connectivity index (χ2v) is 5.89. The number of carbonyl (C=O) groups excluding carboxylic acids is 1. The molecule has 3 aromatic rings. The fourth-order valence-electron chi connectivity index (χ4n) is 2.38. The van der Waals surface area contributed by atoms with Gasteiger partial charge in [-0.15, -0.1) is 0 Å². The summed E-state index contributed by atoms with van der Waals surface area (Å²) in [6.45, 7) is 0.266. The van der Waals surface area contributed by atoms with Crippen LogP contribution in [0.5, 0.6) is 5.75 Å². The van der Waals surface area contributed by atoms with E-state index in [4.69, 9.17) is 21.6 Å². The first-order chi connectivity index (χ1) is 12.7. The minimum atomic E-state index is -0.342. The van der Waals surface area contributed by atoms with E-state index in [9.17, 15) is 4.79 Å². The molecular weight excluding hydrogens is 352 g/mol. The standard InChI is InChI=1S/C19H15ClN4O2/c20-16-6-3-4-14(10-16)12-24-18(8-9-22-24)23-19(25)13-26-17-7-2-1-5-15(17)11-21/h1-10H,12-13H2,(H,23,25). The molecule has 0 bridgehead atoms. The predicted molar refractivity (Wildman–Crippen MR) is 98.1 cm³/mol. The molecule has 0 atom stereocenters. The van der Waals surface area contributed by atoms with Gasteiger partial charge in [0.15, 0.2) is 6.61 Å². The molecule has 1 N–H and O–H groups in total. The van der Waals surface area contributed by atoms with Crippen LogP contribution in [0.2, 0.25) is 5.02 Å². The fraction of sp³-hybridized carbons (Fsp3) is 0.105. The Morgan fingerprint density at radius 2 is 2.08 bits per heavy atom. The zero-order valence-electron chi connectivity index (χ0n) is 13.7. The van der Waals surface area contributed by atoms with Gasteiger partial charge in [0, 0.05) is 11.1 Å². The molecule has 0 unspecified atom stereocenters. The monoisotopic (exact) mass is 366 g/mol. The first-order valence-electron chi connectivity index (χ1n) is 7.84. The van der Waals surface area contributed by atoms with Crippen molar-refractivity contribution in [1.82, 2.24) is 9.78 Å². The van der Waals surface area contributed by atoms with Crippen LogP contribution in [0.4, 0.5) is 5.82 Å². The van der Waals surface area contributed by atoms with Crippen LogP contribution in [0.25, 0.3) is 0 Å². The molecule has 0 spiro atoms. The Kier molecular flexibility index (Phi) is 5.52. The number of aromatic nitrogens is 2. The molecule has 0 radical (unpaired) electrons. The van der Waals surface area contributed by atoms with E-state index >= 15 is 0 Å². The Bertz CT molecular complexity index is 962. The summed E-state index contributed by atoms with van der Waals surface area (Å²) >= 11 is 5.99. The van der Waals surface area contributed by atoms with Gasteiger partial charge in [-0.2, -0.15) is 10.4 Å². The normalized spacial score (nSPS) is 10.2. The molecule has 0 aliphatic rings. The smallest absolute Gasteiger partial charge is 0.263 e. The van der Waals surface area contributed by atoms with Crippen LogP contribution in [0.15, 0.2) is 60.8 Å². The van der Waals surface area contributed by atoms with Gasteiger partial charge in [0.1, 0.15) is 17.6 Å². The zero-order chi connectivity index (χ0) is 18.4. The van der Waals surface area contributed by atoms with E-state index in [0.717, 1.165) is 5.56 Å². The van der Waals surface area contributed by atoms with Gasteiger partial charge in [0.2, 0.25) is 0 Å². The van der Waals surface area contributed by atoms with Gasteiger partial charge in [0.05, 0.1) is 18.3 Å². The van der Waals surface area contributed by atoms with E-state index in [0.29, 0.717) is 28.7 Å². The van der Waals surface area contributed by atoms with Crippen molar-refractivity contribution in [2.75, 3.05) is 11.9 Å². The third-order valence-electron chi connectivity index (χ3n) is 3.57. The summed E-state index contributed by atoms with van der Waals surface area (Å²) in [4.78, 5) is 12.2. The molecule has 130 valence electrons. The predicted octanol–water partition coefficient (Wildman–Crippen LogP) is 3.47. The van der Waals surface area contributed by atoms with Crippen molar-refractivity contribution in [1.29, 1.82) is 5.26 Å². The van der Waals surface area contributed by atoms with E-state index in [-0.39, 0.29) is 12.5 Å². The maximum atomic E-state index is 12.2. The highest BCUT2D eigenvalue weighted by atomic mass is 35.5. The number of carbonyl (C=O) groups is 1. The molecule has 0 saturated heterocycles. The van der Waals surface area contributed by atoms with E-state index in [1.807, 2.05) is 24.3 Å². The largest absolute Gasteiger partial charge is 0.482 e. The third-order valence-corrected chi connectivity index (χ3v) is 3.81. The quantitative estimate of drug-likeness (QED) is 0.724. The van der Waals surface area contributed by atoms with Crippen LogP contribution in [-0.2, 0) is 11.3 Å². The highest BCUT2D eigenvalue weighted by Crippen LogP contribution is 2.17. The van der Waals surface area contributed by atoms with Crippen LogP contribution >= 0.6 is 11.6 Å². The number of halogens is 1. The highest BCUT2D eigenvalue weighted by Gasteiger charge is 2.10. The molecule has 0 aliphatic heterocycles. The average Bonchev–Trinajstić information content (AvgIpc) is 3.07. The van der Waals surface area contributed by atoms with Gasteiger partial charge in [-0.25, -0.2) is 4.68 Å². The Morgan fingerprint density at radius 1 is 1.23 bits per heavy atom. The second kappa shape index (κ2) is 8.19. The first kappa shape index (κ1) is 17.5. The molecule has 3 rings (SSSR count). The molecule has 1 heterocycles. The Hall–Kier alpha value is -3.30. The lowest BCUT2D eigenvalue weighted by Gasteiger charge is -2.11. The van der Waals surface area contributed by atoms with Crippen LogP contribution in [-0.4, -0.2) is 22.3 Å². The number of ether oxygens (including phenoxy) is 1. The van der Waals surface area contributed by atoms with Crippen molar-refractivity contribution in [3.8, 4) is 11.8 Å². The average molecular weight is 367 g/mol. The first-order valence-corrected chi connectivity index (χ1v) is 8.21. The lowest BCUT2D eigenvalue weighted by Crippen LogP contribution is -2.22. The molecule has 6 nitrogen and oxygen atoms in total. The highest BCUT2D eigenvalue weighted by molar-refractivity contribution is 6.30. The Balaban J connectivity index is 1.62. The Labute approximate surface area is 155 Å². The summed E-state index contributed by atoms with van der Waals surface area (Å²) in [5.74, 6) is 0.579. The summed E-state index contributed by atoms with van der Waals surface area (Å²) in [6.07, 6.45) is 1.60. The number of amides is 1. The molecule has 0 fully saturated rings. The molecule has 1 amide bonds. The summed E-state index contributed by atoms with van der Waals surface area (Å²) in [5, 5.41) is 16.6. The van der Waals surface area contributed by atoms with Gasteiger partial charge in [-0.3, -0.25) is 4.79 Å². The van der Waals surface area contributed by atoms with E-state index in [1.165, 1.54) is 0 Å². The van der Waals surface area contributed by atoms with Gasteiger partial charge < -0.3 is 10.1 Å². The lowest BCUT2D eigenvalue weighted by molar-refractivity contribution is -0.118. The van der Waals surface area contributed by atoms with Crippen LogP contribution in [0.1, 0.15) is 11.1 Å². The number of anilines is 1. The second-order valence-electron chi connectivity index (χ2n) is 5.45. The topological polar surface area (TPSA) is 79.9 Å². The lowest BCUT2D eigenvalue weighted by atomic mass is 10.2. The maximum Gasteiger partial charge on any atom is 0.263 e. The molecule has 7 heteroatoms. The number of para-hydroxylation sites is 1. The van der Waals surface area contributed by atoms with Crippen LogP contribution in [0.3, 0.4) is 0 Å². The number of benzene rings is 2. The fourth-order valence-corrected chi connectivity index (χ4v) is 2.59. The minimum absolute atomic E-state index is 0.207. The molecule has 26 heavy (non-hydrogen) atoms. The summed E-state index contributed by atoms with van der Waals surface area (Å²) in [6, 6.07) is 17.9. The van der Waals surface area contributed by atoms with E-state index in [2.05, 4.69) is 10.4 Å². The number of rotatable bonds is 6.